The van der Waals surface area contributed by atoms with Crippen LogP contribution < -0.4 is 15.8 Å². The van der Waals surface area contributed by atoms with E-state index in [1.54, 1.807) is 6.20 Å². The highest BCUT2D eigenvalue weighted by atomic mass is 127. The van der Waals surface area contributed by atoms with Gasteiger partial charge in [0, 0.05) is 18.8 Å². The SMILES string of the molecule is CCCNC(N)=NCc1ccnc(OC2CCCC2)c1.I. The molecular formula is C15H25IN4O. The number of guanidine groups is 1. The molecule has 1 aliphatic rings. The van der Waals surface area contributed by atoms with Gasteiger partial charge < -0.3 is 15.8 Å². The molecule has 0 atom stereocenters. The molecule has 118 valence electrons. The summed E-state index contributed by atoms with van der Waals surface area (Å²) >= 11 is 0. The molecule has 0 bridgehead atoms. The Morgan fingerprint density at radius 3 is 2.95 bits per heavy atom. The van der Waals surface area contributed by atoms with Crippen LogP contribution in [0.4, 0.5) is 0 Å². The van der Waals surface area contributed by atoms with Crippen molar-refractivity contribution in [1.82, 2.24) is 10.3 Å². The number of nitrogens with two attached hydrogens (primary N) is 1. The molecule has 5 nitrogen and oxygen atoms in total. The summed E-state index contributed by atoms with van der Waals surface area (Å²) in [6, 6.07) is 3.90. The third-order valence-electron chi connectivity index (χ3n) is 3.38. The lowest BCUT2D eigenvalue weighted by Crippen LogP contribution is -2.32. The second-order valence-electron chi connectivity index (χ2n) is 5.15. The molecule has 0 radical (unpaired) electrons. The monoisotopic (exact) mass is 404 g/mol. The van der Waals surface area contributed by atoms with Gasteiger partial charge in [-0.25, -0.2) is 9.98 Å². The third kappa shape index (κ3) is 6.50. The van der Waals surface area contributed by atoms with Gasteiger partial charge in [-0.15, -0.1) is 24.0 Å². The van der Waals surface area contributed by atoms with E-state index in [0.29, 0.717) is 24.5 Å². The van der Waals surface area contributed by atoms with Crippen molar-refractivity contribution >= 4 is 29.9 Å². The van der Waals surface area contributed by atoms with Gasteiger partial charge >= 0.3 is 0 Å². The summed E-state index contributed by atoms with van der Waals surface area (Å²) in [5.41, 5.74) is 6.83. The van der Waals surface area contributed by atoms with E-state index in [2.05, 4.69) is 22.2 Å². The van der Waals surface area contributed by atoms with E-state index in [-0.39, 0.29) is 24.0 Å². The van der Waals surface area contributed by atoms with Crippen LogP contribution in [-0.2, 0) is 6.54 Å². The average molecular weight is 404 g/mol. The summed E-state index contributed by atoms with van der Waals surface area (Å²) < 4.78 is 5.88. The van der Waals surface area contributed by atoms with Gasteiger partial charge in [0.2, 0.25) is 5.88 Å². The Labute approximate surface area is 143 Å². The van der Waals surface area contributed by atoms with Crippen molar-refractivity contribution in [1.29, 1.82) is 0 Å². The zero-order chi connectivity index (χ0) is 14.2. The zero-order valence-electron chi connectivity index (χ0n) is 12.5. The highest BCUT2D eigenvalue weighted by Gasteiger charge is 2.16. The normalized spacial score (nSPS) is 15.6. The molecule has 1 heterocycles. The van der Waals surface area contributed by atoms with Crippen molar-refractivity contribution in [2.45, 2.75) is 51.7 Å². The second-order valence-corrected chi connectivity index (χ2v) is 5.15. The summed E-state index contributed by atoms with van der Waals surface area (Å²) in [4.78, 5) is 8.57. The molecule has 2 rings (SSSR count). The van der Waals surface area contributed by atoms with Gasteiger partial charge in [0.05, 0.1) is 6.54 Å². The van der Waals surface area contributed by atoms with E-state index in [1.165, 1.54) is 12.8 Å². The fourth-order valence-electron chi connectivity index (χ4n) is 2.28. The van der Waals surface area contributed by atoms with E-state index in [9.17, 15) is 0 Å². The topological polar surface area (TPSA) is 72.5 Å². The van der Waals surface area contributed by atoms with Crippen LogP contribution in [-0.4, -0.2) is 23.6 Å². The van der Waals surface area contributed by atoms with Crippen LogP contribution >= 0.6 is 24.0 Å². The van der Waals surface area contributed by atoms with Gasteiger partial charge in [-0.3, -0.25) is 0 Å². The van der Waals surface area contributed by atoms with Crippen LogP contribution in [0.1, 0.15) is 44.6 Å². The first-order chi connectivity index (χ1) is 9.78. The highest BCUT2D eigenvalue weighted by molar-refractivity contribution is 14.0. The fraction of sp³-hybridized carbons (Fsp3) is 0.600. The lowest BCUT2D eigenvalue weighted by atomic mass is 10.2. The van der Waals surface area contributed by atoms with E-state index in [1.807, 2.05) is 12.1 Å². The fourth-order valence-corrected chi connectivity index (χ4v) is 2.28. The Hall–Kier alpha value is -1.05. The van der Waals surface area contributed by atoms with E-state index in [4.69, 9.17) is 10.5 Å². The average Bonchev–Trinajstić information content (AvgIpc) is 2.96. The van der Waals surface area contributed by atoms with Gasteiger partial charge in [0.25, 0.3) is 0 Å². The predicted octanol–water partition coefficient (Wildman–Crippen LogP) is 2.84. The minimum atomic E-state index is 0. The molecule has 0 unspecified atom stereocenters. The number of aromatic nitrogens is 1. The first kappa shape index (κ1) is 18.0. The first-order valence-electron chi connectivity index (χ1n) is 7.43. The minimum Gasteiger partial charge on any atom is -0.474 e. The quantitative estimate of drug-likeness (QED) is 0.435. The standard InChI is InChI=1S/C15H24N4O.HI/c1-2-8-18-15(16)19-11-12-7-9-17-14(10-12)20-13-5-3-4-6-13;/h7,9-10,13H,2-6,8,11H2,1H3,(H3,16,18,19);1H. The van der Waals surface area contributed by atoms with Crippen molar-refractivity contribution in [3.05, 3.63) is 23.9 Å². The number of pyridine rings is 1. The second kappa shape index (κ2) is 9.81. The molecule has 0 aromatic carbocycles. The van der Waals surface area contributed by atoms with Gasteiger partial charge in [0.1, 0.15) is 6.10 Å². The number of rotatable bonds is 6. The lowest BCUT2D eigenvalue weighted by Gasteiger charge is -2.12. The van der Waals surface area contributed by atoms with Crippen LogP contribution in [0, 0.1) is 0 Å². The highest BCUT2D eigenvalue weighted by Crippen LogP contribution is 2.23. The Bertz CT molecular complexity index is 447. The van der Waals surface area contributed by atoms with E-state index in [0.717, 1.165) is 31.4 Å². The number of nitrogens with zero attached hydrogens (tertiary/aromatic N) is 2. The maximum atomic E-state index is 5.88. The summed E-state index contributed by atoms with van der Waals surface area (Å²) in [5, 5.41) is 3.06. The first-order valence-corrected chi connectivity index (χ1v) is 7.43. The van der Waals surface area contributed by atoms with Crippen molar-refractivity contribution < 1.29 is 4.74 Å². The molecule has 0 spiro atoms. The minimum absolute atomic E-state index is 0. The van der Waals surface area contributed by atoms with E-state index >= 15 is 0 Å². The van der Waals surface area contributed by atoms with Crippen molar-refractivity contribution in [3.63, 3.8) is 0 Å². The molecule has 1 aromatic rings. The molecule has 1 fully saturated rings. The zero-order valence-corrected chi connectivity index (χ0v) is 14.9. The number of nitrogens with one attached hydrogen (secondary N) is 1. The van der Waals surface area contributed by atoms with E-state index < -0.39 is 0 Å². The Morgan fingerprint density at radius 1 is 1.48 bits per heavy atom. The maximum Gasteiger partial charge on any atom is 0.213 e. The maximum absolute atomic E-state index is 5.88. The molecule has 1 aromatic heterocycles. The molecular weight excluding hydrogens is 379 g/mol. The summed E-state index contributed by atoms with van der Waals surface area (Å²) in [6.07, 6.45) is 7.92. The number of ether oxygens (including phenoxy) is 1. The number of hydrogen-bond acceptors (Lipinski definition) is 3. The van der Waals surface area contributed by atoms with Gasteiger partial charge in [-0.05, 0) is 43.7 Å². The number of aliphatic imine (C=N–C) groups is 1. The molecule has 0 saturated heterocycles. The van der Waals surface area contributed by atoms with Gasteiger partial charge in [0.15, 0.2) is 5.96 Å². The molecule has 1 saturated carbocycles. The summed E-state index contributed by atoms with van der Waals surface area (Å²) in [5.74, 6) is 1.19. The van der Waals surface area contributed by atoms with Crippen molar-refractivity contribution in [3.8, 4) is 5.88 Å². The summed E-state index contributed by atoms with van der Waals surface area (Å²) in [7, 11) is 0. The van der Waals surface area contributed by atoms with Gasteiger partial charge in [-0.1, -0.05) is 6.92 Å². The molecule has 6 heteroatoms. The molecule has 0 aliphatic heterocycles. The van der Waals surface area contributed by atoms with Crippen LogP contribution in [0.3, 0.4) is 0 Å². The Balaban J connectivity index is 0.00000220. The van der Waals surface area contributed by atoms with Crippen molar-refractivity contribution in [2.75, 3.05) is 6.54 Å². The van der Waals surface area contributed by atoms with Crippen LogP contribution in [0.2, 0.25) is 0 Å². The third-order valence-corrected chi connectivity index (χ3v) is 3.38. The Kier molecular flexibility index (Phi) is 8.41. The Morgan fingerprint density at radius 2 is 2.24 bits per heavy atom. The number of halogens is 1. The largest absolute Gasteiger partial charge is 0.474 e. The molecule has 21 heavy (non-hydrogen) atoms. The van der Waals surface area contributed by atoms with Crippen LogP contribution in [0.5, 0.6) is 5.88 Å². The number of hydrogen-bond donors (Lipinski definition) is 2. The lowest BCUT2D eigenvalue weighted by molar-refractivity contribution is 0.201. The smallest absolute Gasteiger partial charge is 0.213 e. The molecule has 3 N–H and O–H groups in total. The van der Waals surface area contributed by atoms with Crippen LogP contribution in [0.25, 0.3) is 0 Å². The van der Waals surface area contributed by atoms with Crippen LogP contribution in [0.15, 0.2) is 23.3 Å². The predicted molar refractivity (Wildman–Crippen MR) is 96.2 cm³/mol. The van der Waals surface area contributed by atoms with Crippen molar-refractivity contribution in [2.24, 2.45) is 10.7 Å². The molecule has 1 aliphatic carbocycles. The molecule has 0 amide bonds. The summed E-state index contributed by atoms with van der Waals surface area (Å²) in [6.45, 7) is 3.49. The van der Waals surface area contributed by atoms with Gasteiger partial charge in [-0.2, -0.15) is 0 Å².